The number of nitrogens with two attached hydrogens (primary N) is 1. The van der Waals surface area contributed by atoms with Crippen molar-refractivity contribution in [3.05, 3.63) is 11.7 Å². The Balaban J connectivity index is 2.50. The number of rotatable bonds is 5. The Bertz CT molecular complexity index is 270. The van der Waals surface area contributed by atoms with E-state index >= 15 is 0 Å². The largest absolute Gasteiger partial charge is 0.339 e. The second kappa shape index (κ2) is 5.10. The van der Waals surface area contributed by atoms with E-state index in [0.717, 1.165) is 18.7 Å². The van der Waals surface area contributed by atoms with Crippen LogP contribution in [0.15, 0.2) is 4.52 Å². The van der Waals surface area contributed by atoms with Gasteiger partial charge in [0.1, 0.15) is 0 Å². The van der Waals surface area contributed by atoms with Crippen molar-refractivity contribution >= 4 is 0 Å². The monoisotopic (exact) mass is 197 g/mol. The molecule has 0 aliphatic heterocycles. The minimum atomic E-state index is 0.127. The fraction of sp³-hybridized carbons (Fsp3) is 0.800. The summed E-state index contributed by atoms with van der Waals surface area (Å²) in [7, 11) is 0. The summed E-state index contributed by atoms with van der Waals surface area (Å²) in [5.74, 6) is 2.01. The van der Waals surface area contributed by atoms with Crippen LogP contribution in [0.25, 0.3) is 0 Å². The number of aromatic nitrogens is 2. The van der Waals surface area contributed by atoms with Crippen LogP contribution in [-0.4, -0.2) is 16.2 Å². The minimum Gasteiger partial charge on any atom is -0.339 e. The first-order valence-corrected chi connectivity index (χ1v) is 5.18. The van der Waals surface area contributed by atoms with Crippen LogP contribution in [0.3, 0.4) is 0 Å². The summed E-state index contributed by atoms with van der Waals surface area (Å²) in [4.78, 5) is 4.28. The van der Waals surface area contributed by atoms with E-state index in [0.29, 0.717) is 18.2 Å². The first-order chi connectivity index (χ1) is 6.61. The molecule has 2 N–H and O–H groups in total. The summed E-state index contributed by atoms with van der Waals surface area (Å²) in [6, 6.07) is 0.127. The van der Waals surface area contributed by atoms with E-state index in [1.54, 1.807) is 0 Å². The minimum absolute atomic E-state index is 0.127. The van der Waals surface area contributed by atoms with Gasteiger partial charge in [-0.1, -0.05) is 25.9 Å². The summed E-state index contributed by atoms with van der Waals surface area (Å²) in [5.41, 5.74) is 5.79. The molecule has 1 heterocycles. The van der Waals surface area contributed by atoms with Crippen molar-refractivity contribution in [3.8, 4) is 0 Å². The molecule has 1 unspecified atom stereocenters. The summed E-state index contributed by atoms with van der Waals surface area (Å²) < 4.78 is 5.10. The fourth-order valence-electron chi connectivity index (χ4n) is 1.19. The summed E-state index contributed by atoms with van der Waals surface area (Å²) in [6.07, 6.45) is 2.48. The molecule has 0 radical (unpaired) electrons. The molecule has 0 fully saturated rings. The number of hydrogen-bond donors (Lipinski definition) is 1. The first kappa shape index (κ1) is 11.2. The molecule has 0 saturated carbocycles. The maximum Gasteiger partial charge on any atom is 0.228 e. The summed E-state index contributed by atoms with van der Waals surface area (Å²) in [6.45, 7) is 6.32. The molecule has 4 heteroatoms. The molecular formula is C10H19N3O. The lowest BCUT2D eigenvalue weighted by molar-refractivity contribution is 0.361. The van der Waals surface area contributed by atoms with Crippen molar-refractivity contribution in [1.82, 2.24) is 10.1 Å². The smallest absolute Gasteiger partial charge is 0.228 e. The van der Waals surface area contributed by atoms with E-state index in [4.69, 9.17) is 10.3 Å². The van der Waals surface area contributed by atoms with Gasteiger partial charge in [-0.3, -0.25) is 0 Å². The second-order valence-corrected chi connectivity index (χ2v) is 4.07. The molecule has 0 aliphatic carbocycles. The standard InChI is InChI=1S/C10H19N3O/c1-4-8(11)6-10-12-9(13-14-10)5-7(2)3/h7-8H,4-6,11H2,1-3H3. The summed E-state index contributed by atoms with van der Waals surface area (Å²) >= 11 is 0. The van der Waals surface area contributed by atoms with Crippen LogP contribution >= 0.6 is 0 Å². The molecule has 1 atom stereocenters. The van der Waals surface area contributed by atoms with E-state index in [-0.39, 0.29) is 6.04 Å². The van der Waals surface area contributed by atoms with Crippen LogP contribution < -0.4 is 5.73 Å². The highest BCUT2D eigenvalue weighted by molar-refractivity contribution is 4.89. The van der Waals surface area contributed by atoms with Crippen molar-refractivity contribution in [2.24, 2.45) is 11.7 Å². The van der Waals surface area contributed by atoms with Crippen molar-refractivity contribution in [2.45, 2.75) is 46.1 Å². The zero-order chi connectivity index (χ0) is 10.6. The highest BCUT2D eigenvalue weighted by Crippen LogP contribution is 2.06. The van der Waals surface area contributed by atoms with Crippen LogP contribution in [0.2, 0.25) is 0 Å². The van der Waals surface area contributed by atoms with Gasteiger partial charge < -0.3 is 10.3 Å². The van der Waals surface area contributed by atoms with Crippen LogP contribution in [0, 0.1) is 5.92 Å². The Morgan fingerprint density at radius 1 is 1.36 bits per heavy atom. The molecular weight excluding hydrogens is 178 g/mol. The van der Waals surface area contributed by atoms with Gasteiger partial charge in [0.25, 0.3) is 0 Å². The third-order valence-electron chi connectivity index (χ3n) is 2.06. The molecule has 0 amide bonds. The van der Waals surface area contributed by atoms with E-state index in [2.05, 4.69) is 30.9 Å². The van der Waals surface area contributed by atoms with Crippen LogP contribution in [0.4, 0.5) is 0 Å². The molecule has 0 bridgehead atoms. The maximum atomic E-state index is 5.79. The zero-order valence-corrected chi connectivity index (χ0v) is 9.16. The predicted octanol–water partition coefficient (Wildman–Crippen LogP) is 1.55. The third-order valence-corrected chi connectivity index (χ3v) is 2.06. The van der Waals surface area contributed by atoms with Crippen LogP contribution in [0.5, 0.6) is 0 Å². The predicted molar refractivity (Wildman–Crippen MR) is 54.8 cm³/mol. The first-order valence-electron chi connectivity index (χ1n) is 5.18. The SMILES string of the molecule is CCC(N)Cc1nc(CC(C)C)no1. The highest BCUT2D eigenvalue weighted by Gasteiger charge is 2.10. The van der Waals surface area contributed by atoms with Crippen molar-refractivity contribution in [2.75, 3.05) is 0 Å². The van der Waals surface area contributed by atoms with Gasteiger partial charge in [-0.05, 0) is 12.3 Å². The van der Waals surface area contributed by atoms with E-state index in [9.17, 15) is 0 Å². The van der Waals surface area contributed by atoms with Crippen LogP contribution in [-0.2, 0) is 12.8 Å². The Morgan fingerprint density at radius 2 is 2.07 bits per heavy atom. The Labute approximate surface area is 84.9 Å². The van der Waals surface area contributed by atoms with Gasteiger partial charge in [0.15, 0.2) is 5.82 Å². The van der Waals surface area contributed by atoms with Gasteiger partial charge in [0.2, 0.25) is 5.89 Å². The molecule has 1 aromatic heterocycles. The Hall–Kier alpha value is -0.900. The lowest BCUT2D eigenvalue weighted by atomic mass is 10.1. The van der Waals surface area contributed by atoms with Gasteiger partial charge in [0.05, 0.1) is 0 Å². The van der Waals surface area contributed by atoms with Crippen molar-refractivity contribution < 1.29 is 4.52 Å². The zero-order valence-electron chi connectivity index (χ0n) is 9.16. The normalized spacial score (nSPS) is 13.5. The molecule has 0 aromatic carbocycles. The van der Waals surface area contributed by atoms with Crippen molar-refractivity contribution in [1.29, 1.82) is 0 Å². The molecule has 4 nitrogen and oxygen atoms in total. The average Bonchev–Trinajstić information content (AvgIpc) is 2.51. The quantitative estimate of drug-likeness (QED) is 0.777. The third kappa shape index (κ3) is 3.46. The van der Waals surface area contributed by atoms with Gasteiger partial charge in [0, 0.05) is 18.9 Å². The number of hydrogen-bond acceptors (Lipinski definition) is 4. The second-order valence-electron chi connectivity index (χ2n) is 4.07. The fourth-order valence-corrected chi connectivity index (χ4v) is 1.19. The van der Waals surface area contributed by atoms with Gasteiger partial charge in [-0.15, -0.1) is 0 Å². The van der Waals surface area contributed by atoms with E-state index < -0.39 is 0 Å². The lowest BCUT2D eigenvalue weighted by Crippen LogP contribution is -2.21. The van der Waals surface area contributed by atoms with Gasteiger partial charge >= 0.3 is 0 Å². The topological polar surface area (TPSA) is 64.9 Å². The molecule has 14 heavy (non-hydrogen) atoms. The molecule has 0 saturated heterocycles. The molecule has 80 valence electrons. The lowest BCUT2D eigenvalue weighted by Gasteiger charge is -2.02. The molecule has 0 spiro atoms. The Kier molecular flexibility index (Phi) is 4.07. The highest BCUT2D eigenvalue weighted by atomic mass is 16.5. The van der Waals surface area contributed by atoms with E-state index in [1.807, 2.05) is 0 Å². The molecule has 1 aromatic rings. The van der Waals surface area contributed by atoms with Crippen LogP contribution in [0.1, 0.15) is 38.9 Å². The number of nitrogens with zero attached hydrogens (tertiary/aromatic N) is 2. The Morgan fingerprint density at radius 3 is 2.64 bits per heavy atom. The maximum absolute atomic E-state index is 5.79. The molecule has 0 aliphatic rings. The van der Waals surface area contributed by atoms with Gasteiger partial charge in [-0.25, -0.2) is 0 Å². The summed E-state index contributed by atoms with van der Waals surface area (Å²) in [5, 5.41) is 3.90. The van der Waals surface area contributed by atoms with Gasteiger partial charge in [-0.2, -0.15) is 4.98 Å². The van der Waals surface area contributed by atoms with Crippen molar-refractivity contribution in [3.63, 3.8) is 0 Å². The average molecular weight is 197 g/mol. The van der Waals surface area contributed by atoms with E-state index in [1.165, 1.54) is 0 Å². The molecule has 1 rings (SSSR count).